The van der Waals surface area contributed by atoms with Crippen molar-refractivity contribution in [1.82, 2.24) is 4.90 Å². The van der Waals surface area contributed by atoms with E-state index in [4.69, 9.17) is 0 Å². The van der Waals surface area contributed by atoms with E-state index in [-0.39, 0.29) is 0 Å². The van der Waals surface area contributed by atoms with Gasteiger partial charge in [-0.15, -0.1) is 0 Å². The molecule has 1 aromatic rings. The van der Waals surface area contributed by atoms with E-state index in [0.717, 1.165) is 13.1 Å². The molecule has 74 valence electrons. The molecule has 0 aliphatic carbocycles. The Labute approximate surface area is 92.7 Å². The van der Waals surface area contributed by atoms with Crippen LogP contribution in [-0.2, 0) is 0 Å². The van der Waals surface area contributed by atoms with Crippen LogP contribution in [-0.4, -0.2) is 32.9 Å². The van der Waals surface area contributed by atoms with E-state index in [0.29, 0.717) is 15.0 Å². The van der Waals surface area contributed by atoms with E-state index in [1.807, 2.05) is 6.07 Å². The predicted molar refractivity (Wildman–Crippen MR) is 62.5 cm³/mol. The minimum atomic E-state index is 0.295. The van der Waals surface area contributed by atoms with Crippen molar-refractivity contribution in [3.05, 3.63) is 30.3 Å². The zero-order valence-electron chi connectivity index (χ0n) is 8.66. The van der Waals surface area contributed by atoms with Crippen molar-refractivity contribution in [2.24, 2.45) is 0 Å². The van der Waals surface area contributed by atoms with Crippen LogP contribution in [0.1, 0.15) is 13.8 Å². The van der Waals surface area contributed by atoms with E-state index in [9.17, 15) is 0 Å². The fraction of sp³-hybridized carbons (Fsp3) is 0.333. The summed E-state index contributed by atoms with van der Waals surface area (Å²) in [5.41, 5.74) is 0. The van der Waals surface area contributed by atoms with Gasteiger partial charge in [0.15, 0.2) is 0 Å². The molecule has 0 atom stereocenters. The summed E-state index contributed by atoms with van der Waals surface area (Å²) in [7, 11) is 0. The Hall–Kier alpha value is -0.901. The van der Waals surface area contributed by atoms with Crippen LogP contribution in [0.3, 0.4) is 0 Å². The van der Waals surface area contributed by atoms with E-state index < -0.39 is 0 Å². The summed E-state index contributed by atoms with van der Waals surface area (Å²) in [6.07, 6.45) is 0. The number of nitrogens with zero attached hydrogens (tertiary/aromatic N) is 1. The van der Waals surface area contributed by atoms with Crippen LogP contribution < -0.4 is 4.46 Å². The van der Waals surface area contributed by atoms with Crippen molar-refractivity contribution in [3.8, 4) is 10.9 Å². The molecule has 1 aromatic carbocycles. The quantitative estimate of drug-likeness (QED) is 0.445. The van der Waals surface area contributed by atoms with Crippen LogP contribution in [0.4, 0.5) is 0 Å². The van der Waals surface area contributed by atoms with Gasteiger partial charge in [-0.2, -0.15) is 0 Å². The fourth-order valence-corrected chi connectivity index (χ4v) is 2.25. The Balaban J connectivity index is 2.47. The van der Waals surface area contributed by atoms with Gasteiger partial charge in [-0.1, -0.05) is 0 Å². The van der Waals surface area contributed by atoms with Crippen molar-refractivity contribution >= 4 is 19.4 Å². The van der Waals surface area contributed by atoms with Gasteiger partial charge in [0.1, 0.15) is 0 Å². The molecule has 1 rings (SSSR count). The van der Waals surface area contributed by atoms with Crippen LogP contribution in [0.25, 0.3) is 0 Å². The van der Waals surface area contributed by atoms with Crippen LogP contribution in [0, 0.1) is 10.9 Å². The van der Waals surface area contributed by atoms with Crippen LogP contribution >= 0.6 is 0 Å². The van der Waals surface area contributed by atoms with E-state index in [1.165, 1.54) is 4.46 Å². The molecular formula is C12H15NSe. The summed E-state index contributed by atoms with van der Waals surface area (Å²) in [6.45, 7) is 6.28. The first kappa shape index (κ1) is 11.2. The molecule has 1 nitrogen and oxygen atoms in total. The van der Waals surface area contributed by atoms with Crippen LogP contribution in [0.2, 0.25) is 0 Å². The van der Waals surface area contributed by atoms with Gasteiger partial charge in [0.25, 0.3) is 0 Å². The molecular weight excluding hydrogens is 237 g/mol. The van der Waals surface area contributed by atoms with Crippen molar-refractivity contribution < 1.29 is 0 Å². The van der Waals surface area contributed by atoms with E-state index in [2.05, 4.69) is 53.9 Å². The molecule has 0 saturated carbocycles. The maximum atomic E-state index is 3.24. The van der Waals surface area contributed by atoms with Gasteiger partial charge in [0, 0.05) is 0 Å². The standard InChI is InChI=1S/C12H15NSe/c1-3-13(4-2)10-11-14-12-8-6-5-7-9-12/h5-9H,3-4H2,1-2H3. The third-order valence-electron chi connectivity index (χ3n) is 1.88. The molecule has 0 N–H and O–H groups in total. The summed E-state index contributed by atoms with van der Waals surface area (Å²) in [6, 6.07) is 13.6. The monoisotopic (exact) mass is 253 g/mol. The van der Waals surface area contributed by atoms with Crippen molar-refractivity contribution in [1.29, 1.82) is 0 Å². The molecule has 0 bridgehead atoms. The molecule has 0 fully saturated rings. The third-order valence-corrected chi connectivity index (χ3v) is 3.35. The first-order valence-corrected chi connectivity index (χ1v) is 6.55. The van der Waals surface area contributed by atoms with Crippen molar-refractivity contribution in [2.45, 2.75) is 13.8 Å². The van der Waals surface area contributed by atoms with E-state index >= 15 is 0 Å². The zero-order valence-corrected chi connectivity index (χ0v) is 10.4. The van der Waals surface area contributed by atoms with Gasteiger partial charge < -0.3 is 0 Å². The topological polar surface area (TPSA) is 3.24 Å². The fourth-order valence-electron chi connectivity index (χ4n) is 1.02. The Morgan fingerprint density at radius 1 is 1.14 bits per heavy atom. The van der Waals surface area contributed by atoms with Gasteiger partial charge in [-0.25, -0.2) is 0 Å². The second-order valence-electron chi connectivity index (χ2n) is 2.80. The van der Waals surface area contributed by atoms with Crippen molar-refractivity contribution in [3.63, 3.8) is 0 Å². The maximum absolute atomic E-state index is 3.24. The second-order valence-corrected chi connectivity index (χ2v) is 4.65. The Morgan fingerprint density at radius 3 is 2.36 bits per heavy atom. The second kappa shape index (κ2) is 6.54. The van der Waals surface area contributed by atoms with Gasteiger partial charge >= 0.3 is 92.5 Å². The normalized spacial score (nSPS) is 9.00. The van der Waals surface area contributed by atoms with Crippen molar-refractivity contribution in [2.75, 3.05) is 13.1 Å². The molecule has 0 saturated heterocycles. The SMILES string of the molecule is CCN(C#C[Se]c1ccccc1)CC. The van der Waals surface area contributed by atoms with E-state index in [1.54, 1.807) is 0 Å². The average Bonchev–Trinajstić information content (AvgIpc) is 2.26. The van der Waals surface area contributed by atoms with Gasteiger partial charge in [-0.3, -0.25) is 0 Å². The Morgan fingerprint density at radius 2 is 1.79 bits per heavy atom. The Bertz CT molecular complexity index is 306. The predicted octanol–water partition coefficient (Wildman–Crippen LogP) is 1.28. The van der Waals surface area contributed by atoms with Gasteiger partial charge in [-0.05, 0) is 0 Å². The number of hydrogen-bond acceptors (Lipinski definition) is 1. The molecule has 0 radical (unpaired) electrons. The molecule has 0 aromatic heterocycles. The number of rotatable bonds is 3. The summed E-state index contributed by atoms with van der Waals surface area (Å²) in [5.74, 6) is 0. The Kier molecular flexibility index (Phi) is 5.22. The summed E-state index contributed by atoms with van der Waals surface area (Å²) in [4.78, 5) is 5.37. The number of benzene rings is 1. The van der Waals surface area contributed by atoms with Gasteiger partial charge in [0.05, 0.1) is 0 Å². The molecule has 0 amide bonds. The van der Waals surface area contributed by atoms with Gasteiger partial charge in [0.2, 0.25) is 0 Å². The van der Waals surface area contributed by atoms with Crippen LogP contribution in [0.5, 0.6) is 0 Å². The van der Waals surface area contributed by atoms with Crippen LogP contribution in [0.15, 0.2) is 30.3 Å². The molecule has 2 heteroatoms. The molecule has 0 unspecified atom stereocenters. The minimum absolute atomic E-state index is 0.295. The number of hydrogen-bond donors (Lipinski definition) is 0. The molecule has 0 spiro atoms. The zero-order chi connectivity index (χ0) is 10.2. The first-order valence-electron chi connectivity index (χ1n) is 4.84. The first-order chi connectivity index (χ1) is 6.86. The molecule has 0 heterocycles. The molecule has 0 aliphatic heterocycles. The summed E-state index contributed by atoms with van der Waals surface area (Å²) in [5, 5.41) is 0. The molecule has 0 aliphatic rings. The molecule has 14 heavy (non-hydrogen) atoms. The summed E-state index contributed by atoms with van der Waals surface area (Å²) < 4.78 is 1.35. The third kappa shape index (κ3) is 3.87. The summed E-state index contributed by atoms with van der Waals surface area (Å²) >= 11 is 0.295. The average molecular weight is 252 g/mol.